The van der Waals surface area contributed by atoms with Gasteiger partial charge in [0.2, 0.25) is 5.78 Å². The van der Waals surface area contributed by atoms with Crippen molar-refractivity contribution in [3.8, 4) is 0 Å². The third-order valence-electron chi connectivity index (χ3n) is 3.28. The van der Waals surface area contributed by atoms with Crippen LogP contribution in [0.2, 0.25) is 5.02 Å². The van der Waals surface area contributed by atoms with Gasteiger partial charge < -0.3 is 5.32 Å². The molecule has 3 rings (SSSR count). The molecule has 23 heavy (non-hydrogen) atoms. The highest BCUT2D eigenvalue weighted by atomic mass is 35.5. The Morgan fingerprint density at radius 2 is 1.57 bits per heavy atom. The Bertz CT molecular complexity index is 859. The van der Waals surface area contributed by atoms with Gasteiger partial charge in [-0.05, 0) is 29.6 Å². The largest absolute Gasteiger partial charge is 0.321 e. The number of hydrogen-bond donors (Lipinski definition) is 1. The van der Waals surface area contributed by atoms with Crippen LogP contribution in [0.15, 0.2) is 66.0 Å². The summed E-state index contributed by atoms with van der Waals surface area (Å²) in [7, 11) is 0. The molecule has 0 aliphatic carbocycles. The van der Waals surface area contributed by atoms with Gasteiger partial charge >= 0.3 is 0 Å². The van der Waals surface area contributed by atoms with E-state index in [-0.39, 0.29) is 11.7 Å². The number of carbonyl (C=O) groups excluding carboxylic acids is 2. The molecule has 0 saturated carbocycles. The van der Waals surface area contributed by atoms with E-state index >= 15 is 0 Å². The van der Waals surface area contributed by atoms with Crippen molar-refractivity contribution >= 4 is 40.3 Å². The van der Waals surface area contributed by atoms with Crippen LogP contribution in [0, 0.1) is 0 Å². The number of benzene rings is 2. The van der Waals surface area contributed by atoms with E-state index in [4.69, 9.17) is 11.6 Å². The first-order valence-electron chi connectivity index (χ1n) is 6.90. The molecular weight excluding hydrogens is 330 g/mol. The lowest BCUT2D eigenvalue weighted by atomic mass is 10.0. The second-order valence-electron chi connectivity index (χ2n) is 4.79. The number of anilines is 1. The average Bonchev–Trinajstić information content (AvgIpc) is 3.11. The third kappa shape index (κ3) is 3.33. The molecular formula is C18H12ClNO2S. The molecule has 0 fully saturated rings. The molecule has 0 bridgehead atoms. The maximum atomic E-state index is 12.6. The Hall–Kier alpha value is -2.43. The zero-order valence-corrected chi connectivity index (χ0v) is 13.5. The van der Waals surface area contributed by atoms with Crippen LogP contribution in [0.25, 0.3) is 0 Å². The van der Waals surface area contributed by atoms with Crippen molar-refractivity contribution < 1.29 is 9.59 Å². The molecule has 0 saturated heterocycles. The van der Waals surface area contributed by atoms with E-state index in [1.807, 2.05) is 11.4 Å². The predicted molar refractivity (Wildman–Crippen MR) is 93.6 cm³/mol. The van der Waals surface area contributed by atoms with Gasteiger partial charge in [-0.25, -0.2) is 0 Å². The molecule has 5 heteroatoms. The van der Waals surface area contributed by atoms with Crippen LogP contribution in [0.3, 0.4) is 0 Å². The van der Waals surface area contributed by atoms with Crippen LogP contribution in [-0.4, -0.2) is 11.7 Å². The minimum atomic E-state index is -0.362. The summed E-state index contributed by atoms with van der Waals surface area (Å²) in [5.41, 5.74) is 1.21. The highest BCUT2D eigenvalue weighted by Crippen LogP contribution is 2.23. The number of amides is 1. The summed E-state index contributed by atoms with van der Waals surface area (Å²) in [4.78, 5) is 25.7. The molecule has 114 valence electrons. The monoisotopic (exact) mass is 341 g/mol. The number of thiophene rings is 1. The lowest BCUT2D eigenvalue weighted by molar-refractivity contribution is 0.0998. The average molecular weight is 342 g/mol. The second kappa shape index (κ2) is 6.77. The summed E-state index contributed by atoms with van der Waals surface area (Å²) >= 11 is 7.41. The molecule has 0 radical (unpaired) electrons. The molecule has 0 spiro atoms. The van der Waals surface area contributed by atoms with E-state index in [9.17, 15) is 9.59 Å². The third-order valence-corrected chi connectivity index (χ3v) is 4.48. The molecule has 0 unspecified atom stereocenters. The predicted octanol–water partition coefficient (Wildman–Crippen LogP) is 4.88. The van der Waals surface area contributed by atoms with Crippen molar-refractivity contribution in [1.29, 1.82) is 0 Å². The topological polar surface area (TPSA) is 46.2 Å². The van der Waals surface area contributed by atoms with Crippen LogP contribution in [0.5, 0.6) is 0 Å². The van der Waals surface area contributed by atoms with Crippen molar-refractivity contribution in [3.05, 3.63) is 87.1 Å². The Balaban J connectivity index is 1.93. The quantitative estimate of drug-likeness (QED) is 0.687. The number of hydrogen-bond acceptors (Lipinski definition) is 3. The Morgan fingerprint density at radius 1 is 0.870 bits per heavy atom. The summed E-state index contributed by atoms with van der Waals surface area (Å²) < 4.78 is 0. The molecule has 1 N–H and O–H groups in total. The van der Waals surface area contributed by atoms with Gasteiger partial charge in [-0.15, -0.1) is 11.3 Å². The smallest absolute Gasteiger partial charge is 0.256 e. The van der Waals surface area contributed by atoms with Gasteiger partial charge in [-0.3, -0.25) is 9.59 Å². The number of para-hydroxylation sites is 1. The summed E-state index contributed by atoms with van der Waals surface area (Å²) in [6, 6.07) is 17.3. The maximum Gasteiger partial charge on any atom is 0.256 e. The first kappa shape index (κ1) is 15.5. The Kier molecular flexibility index (Phi) is 4.55. The van der Waals surface area contributed by atoms with E-state index in [1.165, 1.54) is 11.3 Å². The Labute approximate surface area is 142 Å². The molecule has 1 heterocycles. The number of carbonyl (C=O) groups is 2. The van der Waals surface area contributed by atoms with E-state index in [0.717, 1.165) is 0 Å². The van der Waals surface area contributed by atoms with Gasteiger partial charge in [0.15, 0.2) is 0 Å². The molecule has 0 aliphatic heterocycles. The van der Waals surface area contributed by atoms with Crippen molar-refractivity contribution in [1.82, 2.24) is 0 Å². The minimum Gasteiger partial charge on any atom is -0.321 e. The van der Waals surface area contributed by atoms with Gasteiger partial charge in [0.25, 0.3) is 5.91 Å². The summed E-state index contributed by atoms with van der Waals surface area (Å²) in [5.74, 6) is -0.525. The van der Waals surface area contributed by atoms with E-state index in [1.54, 1.807) is 54.6 Å². The molecule has 0 atom stereocenters. The van der Waals surface area contributed by atoms with Crippen molar-refractivity contribution in [2.45, 2.75) is 0 Å². The van der Waals surface area contributed by atoms with Gasteiger partial charge in [0.1, 0.15) is 0 Å². The number of rotatable bonds is 4. The van der Waals surface area contributed by atoms with Crippen molar-refractivity contribution in [2.24, 2.45) is 0 Å². The summed E-state index contributed by atoms with van der Waals surface area (Å²) in [5, 5.41) is 5.03. The summed E-state index contributed by atoms with van der Waals surface area (Å²) in [6.07, 6.45) is 0. The van der Waals surface area contributed by atoms with E-state index in [0.29, 0.717) is 26.7 Å². The highest BCUT2D eigenvalue weighted by molar-refractivity contribution is 7.12. The molecule has 2 aromatic carbocycles. The highest BCUT2D eigenvalue weighted by Gasteiger charge is 2.19. The molecule has 0 aliphatic rings. The van der Waals surface area contributed by atoms with E-state index in [2.05, 4.69) is 5.32 Å². The fraction of sp³-hybridized carbons (Fsp3) is 0. The number of nitrogens with one attached hydrogen (secondary N) is 1. The first-order chi connectivity index (χ1) is 11.2. The maximum absolute atomic E-state index is 12.6. The lowest BCUT2D eigenvalue weighted by Gasteiger charge is -2.10. The minimum absolute atomic E-state index is 0.162. The first-order valence-corrected chi connectivity index (χ1v) is 8.15. The van der Waals surface area contributed by atoms with Crippen LogP contribution >= 0.6 is 22.9 Å². The zero-order chi connectivity index (χ0) is 16.2. The zero-order valence-electron chi connectivity index (χ0n) is 12.0. The van der Waals surface area contributed by atoms with Crippen molar-refractivity contribution in [3.63, 3.8) is 0 Å². The summed E-state index contributed by atoms with van der Waals surface area (Å²) in [6.45, 7) is 0. The van der Waals surface area contributed by atoms with E-state index < -0.39 is 0 Å². The van der Waals surface area contributed by atoms with Crippen LogP contribution in [0.1, 0.15) is 25.6 Å². The van der Waals surface area contributed by atoms with Gasteiger partial charge in [-0.1, -0.05) is 48.0 Å². The van der Waals surface area contributed by atoms with Crippen LogP contribution in [0.4, 0.5) is 5.69 Å². The van der Waals surface area contributed by atoms with Gasteiger partial charge in [0, 0.05) is 5.56 Å². The van der Waals surface area contributed by atoms with Gasteiger partial charge in [-0.2, -0.15) is 0 Å². The SMILES string of the molecule is O=C(Nc1ccccc1Cl)c1ccccc1C(=O)c1cccs1. The van der Waals surface area contributed by atoms with Crippen LogP contribution in [-0.2, 0) is 0 Å². The Morgan fingerprint density at radius 3 is 2.26 bits per heavy atom. The fourth-order valence-corrected chi connectivity index (χ4v) is 3.03. The molecule has 3 nitrogen and oxygen atoms in total. The standard InChI is InChI=1S/C18H12ClNO2S/c19-14-8-3-4-9-15(14)20-18(22)13-7-2-1-6-12(13)17(21)16-10-5-11-23-16/h1-11H,(H,20,22). The molecule has 1 aromatic heterocycles. The fourth-order valence-electron chi connectivity index (χ4n) is 2.17. The molecule has 3 aromatic rings. The lowest BCUT2D eigenvalue weighted by Crippen LogP contribution is -2.16. The molecule has 1 amide bonds. The van der Waals surface area contributed by atoms with Crippen molar-refractivity contribution in [2.75, 3.05) is 5.32 Å². The van der Waals surface area contributed by atoms with Gasteiger partial charge in [0.05, 0.1) is 21.2 Å². The number of ketones is 1. The second-order valence-corrected chi connectivity index (χ2v) is 6.14. The number of halogens is 1. The van der Waals surface area contributed by atoms with Crippen LogP contribution < -0.4 is 5.32 Å². The normalized spacial score (nSPS) is 10.3.